The highest BCUT2D eigenvalue weighted by Gasteiger charge is 2.06. The van der Waals surface area contributed by atoms with Crippen molar-refractivity contribution in [3.63, 3.8) is 0 Å². The maximum atomic E-state index is 8.54. The number of hydrogen-bond acceptors (Lipinski definition) is 3. The van der Waals surface area contributed by atoms with Crippen molar-refractivity contribution in [2.24, 2.45) is 0 Å². The monoisotopic (exact) mass is 188 g/mol. The molecule has 0 amide bonds. The summed E-state index contributed by atoms with van der Waals surface area (Å²) in [6.45, 7) is 9.82. The molecule has 0 aliphatic carbocycles. The van der Waals surface area contributed by atoms with Crippen LogP contribution < -0.4 is 10.6 Å². The molecular formula is C10H24N2O. The van der Waals surface area contributed by atoms with Crippen molar-refractivity contribution in [1.29, 1.82) is 0 Å². The van der Waals surface area contributed by atoms with E-state index in [1.165, 1.54) is 0 Å². The van der Waals surface area contributed by atoms with Crippen molar-refractivity contribution >= 4 is 0 Å². The Morgan fingerprint density at radius 2 is 1.69 bits per heavy atom. The Morgan fingerprint density at radius 1 is 1.00 bits per heavy atom. The van der Waals surface area contributed by atoms with Crippen LogP contribution >= 0.6 is 0 Å². The van der Waals surface area contributed by atoms with Crippen LogP contribution in [0.25, 0.3) is 0 Å². The van der Waals surface area contributed by atoms with Crippen LogP contribution in [-0.4, -0.2) is 36.9 Å². The molecule has 0 unspecified atom stereocenters. The van der Waals surface area contributed by atoms with E-state index in [2.05, 4.69) is 31.4 Å². The van der Waals surface area contributed by atoms with Gasteiger partial charge in [0, 0.05) is 25.2 Å². The van der Waals surface area contributed by atoms with Crippen LogP contribution in [0.2, 0.25) is 0 Å². The van der Waals surface area contributed by atoms with Crippen LogP contribution in [0, 0.1) is 0 Å². The zero-order valence-electron chi connectivity index (χ0n) is 9.19. The van der Waals surface area contributed by atoms with Crippen LogP contribution in [0.15, 0.2) is 0 Å². The van der Waals surface area contributed by atoms with Gasteiger partial charge >= 0.3 is 0 Å². The van der Waals surface area contributed by atoms with Gasteiger partial charge in [-0.3, -0.25) is 0 Å². The minimum absolute atomic E-state index is 0.215. The van der Waals surface area contributed by atoms with E-state index in [9.17, 15) is 0 Å². The minimum Gasteiger partial charge on any atom is -0.396 e. The van der Waals surface area contributed by atoms with Gasteiger partial charge in [0.15, 0.2) is 0 Å². The maximum absolute atomic E-state index is 8.54. The molecule has 80 valence electrons. The summed E-state index contributed by atoms with van der Waals surface area (Å²) in [5.74, 6) is 0. The molecule has 0 bridgehead atoms. The highest BCUT2D eigenvalue weighted by atomic mass is 16.2. The topological polar surface area (TPSA) is 44.3 Å². The van der Waals surface area contributed by atoms with Gasteiger partial charge < -0.3 is 15.7 Å². The Labute approximate surface area is 81.9 Å². The summed E-state index contributed by atoms with van der Waals surface area (Å²) in [7, 11) is 0. The number of rotatable bonds is 7. The van der Waals surface area contributed by atoms with Crippen molar-refractivity contribution in [3.05, 3.63) is 0 Å². The summed E-state index contributed by atoms with van der Waals surface area (Å²) in [4.78, 5) is 0. The highest BCUT2D eigenvalue weighted by molar-refractivity contribution is 4.70. The second-order valence-electron chi connectivity index (χ2n) is 4.36. The van der Waals surface area contributed by atoms with Crippen LogP contribution in [0.5, 0.6) is 0 Å². The van der Waals surface area contributed by atoms with Gasteiger partial charge in [-0.15, -0.1) is 0 Å². The zero-order chi connectivity index (χ0) is 10.2. The molecule has 0 rings (SSSR count). The maximum Gasteiger partial charge on any atom is 0.0431 e. The average molecular weight is 188 g/mol. The molecule has 0 aromatic carbocycles. The van der Waals surface area contributed by atoms with Crippen molar-refractivity contribution in [1.82, 2.24) is 10.6 Å². The van der Waals surface area contributed by atoms with Crippen LogP contribution in [0.1, 0.15) is 33.6 Å². The Kier molecular flexibility index (Phi) is 7.23. The fraction of sp³-hybridized carbons (Fsp3) is 1.00. The van der Waals surface area contributed by atoms with Crippen LogP contribution in [0.3, 0.4) is 0 Å². The highest BCUT2D eigenvalue weighted by Crippen LogP contribution is 1.96. The van der Waals surface area contributed by atoms with Gasteiger partial charge in [-0.1, -0.05) is 0 Å². The third-order valence-corrected chi connectivity index (χ3v) is 1.72. The van der Waals surface area contributed by atoms with E-state index in [0.29, 0.717) is 6.61 Å². The molecule has 0 radical (unpaired) electrons. The van der Waals surface area contributed by atoms with E-state index in [1.54, 1.807) is 0 Å². The summed E-state index contributed by atoms with van der Waals surface area (Å²) >= 11 is 0. The molecule has 3 nitrogen and oxygen atoms in total. The molecule has 0 aliphatic rings. The second kappa shape index (κ2) is 7.30. The Morgan fingerprint density at radius 3 is 2.23 bits per heavy atom. The fourth-order valence-electron chi connectivity index (χ4n) is 1.01. The van der Waals surface area contributed by atoms with E-state index >= 15 is 0 Å². The molecule has 0 aliphatic heterocycles. The predicted octanol–water partition coefficient (Wildman–Crippen LogP) is 0.737. The van der Waals surface area contributed by atoms with Gasteiger partial charge in [-0.2, -0.15) is 0 Å². The van der Waals surface area contributed by atoms with E-state index < -0.39 is 0 Å². The molecule has 0 spiro atoms. The first-order valence-electron chi connectivity index (χ1n) is 5.13. The van der Waals surface area contributed by atoms with E-state index in [0.717, 1.165) is 32.5 Å². The SMILES string of the molecule is CC(C)(C)NCCNCCCCO. The molecule has 0 saturated carbocycles. The first-order valence-corrected chi connectivity index (χ1v) is 5.13. The Hall–Kier alpha value is -0.120. The second-order valence-corrected chi connectivity index (χ2v) is 4.36. The zero-order valence-corrected chi connectivity index (χ0v) is 9.19. The lowest BCUT2D eigenvalue weighted by Gasteiger charge is -2.20. The van der Waals surface area contributed by atoms with Gasteiger partial charge in [0.2, 0.25) is 0 Å². The molecule has 0 saturated heterocycles. The Balaban J connectivity index is 3.00. The first-order chi connectivity index (χ1) is 6.06. The normalized spacial score (nSPS) is 12.0. The summed E-state index contributed by atoms with van der Waals surface area (Å²) in [6.07, 6.45) is 1.96. The molecule has 13 heavy (non-hydrogen) atoms. The van der Waals surface area contributed by atoms with Crippen molar-refractivity contribution in [2.75, 3.05) is 26.2 Å². The van der Waals surface area contributed by atoms with Crippen LogP contribution in [0.4, 0.5) is 0 Å². The summed E-state index contributed by atoms with van der Waals surface area (Å²) < 4.78 is 0. The molecule has 0 aromatic rings. The van der Waals surface area contributed by atoms with Gasteiger partial charge in [0.25, 0.3) is 0 Å². The number of aliphatic hydroxyl groups excluding tert-OH is 1. The average Bonchev–Trinajstić information content (AvgIpc) is 2.01. The molecule has 0 atom stereocenters. The predicted molar refractivity (Wildman–Crippen MR) is 56.9 cm³/mol. The van der Waals surface area contributed by atoms with E-state index in [-0.39, 0.29) is 5.54 Å². The summed E-state index contributed by atoms with van der Waals surface area (Å²) in [6, 6.07) is 0. The van der Waals surface area contributed by atoms with Crippen molar-refractivity contribution < 1.29 is 5.11 Å². The van der Waals surface area contributed by atoms with Gasteiger partial charge in [0.1, 0.15) is 0 Å². The first kappa shape index (κ1) is 12.9. The number of unbranched alkanes of at least 4 members (excludes halogenated alkanes) is 1. The van der Waals surface area contributed by atoms with Gasteiger partial charge in [-0.05, 0) is 40.2 Å². The van der Waals surface area contributed by atoms with Crippen molar-refractivity contribution in [3.8, 4) is 0 Å². The minimum atomic E-state index is 0.215. The third kappa shape index (κ3) is 11.9. The quantitative estimate of drug-likeness (QED) is 0.516. The molecule has 0 heterocycles. The lowest BCUT2D eigenvalue weighted by molar-refractivity contribution is 0.283. The Bertz CT molecular complexity index is 110. The smallest absolute Gasteiger partial charge is 0.0431 e. The fourth-order valence-corrected chi connectivity index (χ4v) is 1.01. The third-order valence-electron chi connectivity index (χ3n) is 1.72. The summed E-state index contributed by atoms with van der Waals surface area (Å²) in [5.41, 5.74) is 0.215. The van der Waals surface area contributed by atoms with E-state index in [1.807, 2.05) is 0 Å². The molecule has 3 N–H and O–H groups in total. The van der Waals surface area contributed by atoms with Gasteiger partial charge in [0.05, 0.1) is 0 Å². The lowest BCUT2D eigenvalue weighted by atomic mass is 10.1. The largest absolute Gasteiger partial charge is 0.396 e. The molecule has 3 heteroatoms. The molecular weight excluding hydrogens is 164 g/mol. The van der Waals surface area contributed by atoms with Crippen molar-refractivity contribution in [2.45, 2.75) is 39.2 Å². The number of aliphatic hydroxyl groups is 1. The number of hydrogen-bond donors (Lipinski definition) is 3. The summed E-state index contributed by atoms with van der Waals surface area (Å²) in [5, 5.41) is 15.3. The molecule has 0 fully saturated rings. The lowest BCUT2D eigenvalue weighted by Crippen LogP contribution is -2.40. The van der Waals surface area contributed by atoms with E-state index in [4.69, 9.17) is 5.11 Å². The standard InChI is InChI=1S/C10H24N2O/c1-10(2,3)12-8-7-11-6-4-5-9-13/h11-13H,4-9H2,1-3H3. The molecule has 0 aromatic heterocycles. The van der Waals surface area contributed by atoms with Crippen LogP contribution in [-0.2, 0) is 0 Å². The van der Waals surface area contributed by atoms with Gasteiger partial charge in [-0.25, -0.2) is 0 Å². The number of nitrogens with one attached hydrogen (secondary N) is 2.